The predicted molar refractivity (Wildman–Crippen MR) is 103 cm³/mol. The van der Waals surface area contributed by atoms with Crippen LogP contribution in [0.5, 0.6) is 11.5 Å². The molecule has 0 amide bonds. The van der Waals surface area contributed by atoms with Crippen molar-refractivity contribution in [3.05, 3.63) is 24.1 Å². The van der Waals surface area contributed by atoms with Gasteiger partial charge in [0, 0.05) is 12.0 Å². The molecular formula is C20H32BO4. The highest BCUT2D eigenvalue weighted by Crippen LogP contribution is 2.37. The first kappa shape index (κ1) is 20.1. The number of hydrogen-bond donors (Lipinski definition) is 0. The second kappa shape index (κ2) is 7.59. The third-order valence-electron chi connectivity index (χ3n) is 4.87. The van der Waals surface area contributed by atoms with Gasteiger partial charge in [0.1, 0.15) is 11.5 Å². The molecule has 0 bridgehead atoms. The number of hydrogen-bond acceptors (Lipinski definition) is 4. The lowest BCUT2D eigenvalue weighted by Gasteiger charge is -2.32. The van der Waals surface area contributed by atoms with E-state index in [0.717, 1.165) is 23.4 Å². The van der Waals surface area contributed by atoms with Crippen molar-refractivity contribution in [2.45, 2.75) is 79.1 Å². The summed E-state index contributed by atoms with van der Waals surface area (Å²) in [6, 6.07) is 5.90. The molecule has 0 N–H and O–H groups in total. The van der Waals surface area contributed by atoms with Gasteiger partial charge >= 0.3 is 7.12 Å². The highest BCUT2D eigenvalue weighted by atomic mass is 16.7. The van der Waals surface area contributed by atoms with Gasteiger partial charge in [-0.2, -0.15) is 0 Å². The van der Waals surface area contributed by atoms with E-state index < -0.39 is 7.12 Å². The molecule has 0 unspecified atom stereocenters. The van der Waals surface area contributed by atoms with Crippen molar-refractivity contribution in [2.75, 3.05) is 6.61 Å². The normalized spacial score (nSPS) is 20.0. The maximum Gasteiger partial charge on any atom is 0.495 e. The Balaban J connectivity index is 2.29. The van der Waals surface area contributed by atoms with Crippen LogP contribution in [0.3, 0.4) is 0 Å². The number of ether oxygens (including phenoxy) is 2. The number of benzene rings is 1. The van der Waals surface area contributed by atoms with Crippen LogP contribution < -0.4 is 14.9 Å². The molecule has 1 radical (unpaired) electrons. The second-order valence-electron chi connectivity index (χ2n) is 8.16. The van der Waals surface area contributed by atoms with Crippen LogP contribution in [-0.2, 0) is 9.31 Å². The van der Waals surface area contributed by atoms with Crippen LogP contribution in [0.4, 0.5) is 0 Å². The van der Waals surface area contributed by atoms with Crippen LogP contribution in [0.1, 0.15) is 61.8 Å². The van der Waals surface area contributed by atoms with Crippen LogP contribution >= 0.6 is 0 Å². The molecular weight excluding hydrogens is 315 g/mol. The summed E-state index contributed by atoms with van der Waals surface area (Å²) in [6.45, 7) is 17.1. The Morgan fingerprint density at radius 2 is 1.60 bits per heavy atom. The zero-order valence-corrected chi connectivity index (χ0v) is 16.9. The molecule has 1 aromatic rings. The first-order chi connectivity index (χ1) is 11.5. The van der Waals surface area contributed by atoms with Gasteiger partial charge in [-0.15, -0.1) is 0 Å². The van der Waals surface area contributed by atoms with Gasteiger partial charge in [-0.25, -0.2) is 0 Å². The predicted octanol–water partition coefficient (Wildman–Crippen LogP) is 4.16. The maximum absolute atomic E-state index is 6.18. The fourth-order valence-corrected chi connectivity index (χ4v) is 2.40. The smallest absolute Gasteiger partial charge is 0.493 e. The van der Waals surface area contributed by atoms with Gasteiger partial charge in [0.05, 0.1) is 23.9 Å². The topological polar surface area (TPSA) is 36.9 Å². The molecule has 1 heterocycles. The van der Waals surface area contributed by atoms with Crippen LogP contribution in [0.2, 0.25) is 0 Å². The molecule has 0 spiro atoms. The van der Waals surface area contributed by atoms with Gasteiger partial charge < -0.3 is 18.8 Å². The molecule has 0 aromatic heterocycles. The van der Waals surface area contributed by atoms with Crippen LogP contribution in [0.15, 0.2) is 18.2 Å². The summed E-state index contributed by atoms with van der Waals surface area (Å²) < 4.78 is 24.3. The van der Waals surface area contributed by atoms with Crippen molar-refractivity contribution in [3.8, 4) is 11.5 Å². The molecule has 0 saturated carbocycles. The molecule has 5 heteroatoms. The zero-order valence-electron chi connectivity index (χ0n) is 16.9. The van der Waals surface area contributed by atoms with Gasteiger partial charge in [0.15, 0.2) is 0 Å². The first-order valence-corrected chi connectivity index (χ1v) is 9.13. The molecule has 1 aromatic carbocycles. The summed E-state index contributed by atoms with van der Waals surface area (Å²) in [7, 11) is -0.431. The molecule has 1 saturated heterocycles. The van der Waals surface area contributed by atoms with Gasteiger partial charge in [-0.05, 0) is 58.6 Å². The first-order valence-electron chi connectivity index (χ1n) is 9.13. The fourth-order valence-electron chi connectivity index (χ4n) is 2.40. The van der Waals surface area contributed by atoms with E-state index in [2.05, 4.69) is 55.4 Å². The molecule has 4 nitrogen and oxygen atoms in total. The standard InChI is InChI=1S/C20H32BO4/c1-9-15(4)23-18-11-16(10-17(12-18)22-13-14(2)3)21-24-19(5,6)20(7,8)25-21/h10-12,15H,9,13H2,1-8H3/t15-/m0/s1. The summed E-state index contributed by atoms with van der Waals surface area (Å²) in [5, 5.41) is 0. The van der Waals surface area contributed by atoms with Crippen molar-refractivity contribution in [3.63, 3.8) is 0 Å². The van der Waals surface area contributed by atoms with Crippen molar-refractivity contribution in [2.24, 2.45) is 0 Å². The minimum atomic E-state index is -0.431. The molecule has 2 rings (SSSR count). The van der Waals surface area contributed by atoms with E-state index in [1.807, 2.05) is 18.2 Å². The quantitative estimate of drug-likeness (QED) is 0.694. The summed E-state index contributed by atoms with van der Waals surface area (Å²) in [4.78, 5) is 0. The molecule has 1 aliphatic heterocycles. The second-order valence-corrected chi connectivity index (χ2v) is 8.16. The van der Waals surface area contributed by atoms with Gasteiger partial charge in [-0.3, -0.25) is 0 Å². The maximum atomic E-state index is 6.18. The van der Waals surface area contributed by atoms with Crippen molar-refractivity contribution in [1.29, 1.82) is 0 Å². The van der Waals surface area contributed by atoms with Gasteiger partial charge in [0.25, 0.3) is 0 Å². The lowest BCUT2D eigenvalue weighted by molar-refractivity contribution is 0.00578. The summed E-state index contributed by atoms with van der Waals surface area (Å²) in [5.41, 5.74) is 0.170. The van der Waals surface area contributed by atoms with E-state index in [4.69, 9.17) is 18.8 Å². The van der Waals surface area contributed by atoms with Crippen molar-refractivity contribution >= 4 is 12.6 Å². The minimum Gasteiger partial charge on any atom is -0.493 e. The average molecular weight is 347 g/mol. The SMILES string of the molecule is CC[C@H](C)Oc1cc(OC[C](C)C)cc(B2OC(C)(C)C(C)(C)O2)c1. The van der Waals surface area contributed by atoms with E-state index >= 15 is 0 Å². The lowest BCUT2D eigenvalue weighted by atomic mass is 9.79. The Hall–Kier alpha value is -1.20. The Labute approximate surface area is 153 Å². The lowest BCUT2D eigenvalue weighted by Crippen LogP contribution is -2.41. The van der Waals surface area contributed by atoms with Crippen molar-refractivity contribution < 1.29 is 18.8 Å². The van der Waals surface area contributed by atoms with E-state index in [1.54, 1.807) is 0 Å². The Kier molecular flexibility index (Phi) is 6.11. The van der Waals surface area contributed by atoms with E-state index in [0.29, 0.717) is 6.61 Å². The molecule has 1 atom stereocenters. The Morgan fingerprint density at radius 1 is 1.04 bits per heavy atom. The molecule has 139 valence electrons. The molecule has 0 aliphatic carbocycles. The highest BCUT2D eigenvalue weighted by Gasteiger charge is 2.51. The van der Waals surface area contributed by atoms with Crippen LogP contribution in [-0.4, -0.2) is 31.0 Å². The summed E-state index contributed by atoms with van der Waals surface area (Å²) >= 11 is 0. The van der Waals surface area contributed by atoms with E-state index in [9.17, 15) is 0 Å². The van der Waals surface area contributed by atoms with E-state index in [-0.39, 0.29) is 17.3 Å². The van der Waals surface area contributed by atoms with E-state index in [1.165, 1.54) is 5.92 Å². The molecule has 1 fully saturated rings. The fraction of sp³-hybridized carbons (Fsp3) is 0.650. The summed E-state index contributed by atoms with van der Waals surface area (Å²) in [6.07, 6.45) is 1.08. The Bertz CT molecular complexity index is 567. The third-order valence-corrected chi connectivity index (χ3v) is 4.87. The number of rotatable bonds is 7. The Morgan fingerprint density at radius 3 is 2.12 bits per heavy atom. The molecule has 25 heavy (non-hydrogen) atoms. The largest absolute Gasteiger partial charge is 0.495 e. The van der Waals surface area contributed by atoms with Gasteiger partial charge in [-0.1, -0.05) is 20.8 Å². The zero-order chi connectivity index (χ0) is 18.8. The molecule has 1 aliphatic rings. The highest BCUT2D eigenvalue weighted by molar-refractivity contribution is 6.62. The minimum absolute atomic E-state index is 0.140. The monoisotopic (exact) mass is 347 g/mol. The van der Waals surface area contributed by atoms with Crippen molar-refractivity contribution in [1.82, 2.24) is 0 Å². The van der Waals surface area contributed by atoms with Crippen LogP contribution in [0.25, 0.3) is 0 Å². The van der Waals surface area contributed by atoms with Gasteiger partial charge in [0.2, 0.25) is 0 Å². The summed E-state index contributed by atoms with van der Waals surface area (Å²) in [5.74, 6) is 2.77. The third kappa shape index (κ3) is 4.92. The average Bonchev–Trinajstić information content (AvgIpc) is 2.73. The van der Waals surface area contributed by atoms with Crippen LogP contribution in [0, 0.1) is 5.92 Å².